The number of benzene rings is 1. The third kappa shape index (κ3) is 2.68. The number of carbonyl (C=O) groups is 2. The van der Waals surface area contributed by atoms with E-state index in [9.17, 15) is 19.8 Å². The summed E-state index contributed by atoms with van der Waals surface area (Å²) in [5, 5.41) is 27.7. The van der Waals surface area contributed by atoms with Crippen LogP contribution in [0.1, 0.15) is 24.4 Å². The van der Waals surface area contributed by atoms with Crippen molar-refractivity contribution in [3.63, 3.8) is 0 Å². The van der Waals surface area contributed by atoms with Crippen molar-refractivity contribution < 1.29 is 24.9 Å². The summed E-state index contributed by atoms with van der Waals surface area (Å²) in [6.45, 7) is 0.439. The second-order valence-corrected chi connectivity index (χ2v) is 4.57. The van der Waals surface area contributed by atoms with Gasteiger partial charge in [0.15, 0.2) is 0 Å². The summed E-state index contributed by atoms with van der Waals surface area (Å²) in [5.74, 6) is -2.04. The number of nitrogens with zero attached hydrogens (tertiary/aromatic N) is 1. The molecule has 1 aromatic carbocycles. The Morgan fingerprint density at radius 3 is 2.37 bits per heavy atom. The first-order valence-electron chi connectivity index (χ1n) is 6.01. The van der Waals surface area contributed by atoms with Gasteiger partial charge < -0.3 is 15.3 Å². The average Bonchev–Trinajstić information content (AvgIpc) is 2.80. The molecule has 3 N–H and O–H groups in total. The Bertz CT molecular complexity index is 484. The molecule has 1 saturated heterocycles. The lowest BCUT2D eigenvalue weighted by Gasteiger charge is -2.28. The predicted octanol–water partition coefficient (Wildman–Crippen LogP) is 1.07. The lowest BCUT2D eigenvalue weighted by Crippen LogP contribution is -2.41. The SMILES string of the molecule is O=C(O)C1CCCN1C(C(=O)O)c1ccc(O)cc1. The monoisotopic (exact) mass is 265 g/mol. The Hall–Kier alpha value is -2.08. The summed E-state index contributed by atoms with van der Waals surface area (Å²) in [4.78, 5) is 24.1. The molecule has 0 amide bonds. The van der Waals surface area contributed by atoms with Crippen LogP contribution in [0.15, 0.2) is 24.3 Å². The van der Waals surface area contributed by atoms with Crippen LogP contribution in [-0.2, 0) is 9.59 Å². The molecule has 0 radical (unpaired) electrons. The van der Waals surface area contributed by atoms with Gasteiger partial charge in [0.2, 0.25) is 0 Å². The first kappa shape index (κ1) is 13.4. The van der Waals surface area contributed by atoms with Crippen LogP contribution >= 0.6 is 0 Å². The van der Waals surface area contributed by atoms with Crippen molar-refractivity contribution >= 4 is 11.9 Å². The topological polar surface area (TPSA) is 98.1 Å². The van der Waals surface area contributed by atoms with Gasteiger partial charge in [0.05, 0.1) is 0 Å². The lowest BCUT2D eigenvalue weighted by molar-refractivity contribution is -0.149. The molecule has 1 aromatic rings. The van der Waals surface area contributed by atoms with Gasteiger partial charge >= 0.3 is 11.9 Å². The van der Waals surface area contributed by atoms with Crippen LogP contribution in [0.2, 0.25) is 0 Å². The standard InChI is InChI=1S/C13H15NO5/c15-9-5-3-8(4-6-9)11(13(18)19)14-7-1-2-10(14)12(16)17/h3-6,10-11,15H,1-2,7H2,(H,16,17)(H,18,19). The van der Waals surface area contributed by atoms with Gasteiger partial charge in [-0.15, -0.1) is 0 Å². The van der Waals surface area contributed by atoms with E-state index in [4.69, 9.17) is 5.11 Å². The van der Waals surface area contributed by atoms with Crippen LogP contribution in [0.4, 0.5) is 0 Å². The summed E-state index contributed by atoms with van der Waals surface area (Å²) in [6, 6.07) is 4.05. The number of rotatable bonds is 4. The molecule has 2 atom stereocenters. The third-order valence-electron chi connectivity index (χ3n) is 3.35. The van der Waals surface area contributed by atoms with E-state index in [0.29, 0.717) is 24.9 Å². The minimum atomic E-state index is -1.08. The molecule has 19 heavy (non-hydrogen) atoms. The van der Waals surface area contributed by atoms with E-state index in [1.54, 1.807) is 0 Å². The normalized spacial score (nSPS) is 21.2. The number of likely N-dealkylation sites (tertiary alicyclic amines) is 1. The maximum atomic E-state index is 11.4. The van der Waals surface area contributed by atoms with Crippen molar-refractivity contribution in [2.45, 2.75) is 24.9 Å². The number of carboxylic acids is 2. The maximum absolute atomic E-state index is 11.4. The van der Waals surface area contributed by atoms with Crippen molar-refractivity contribution in [3.05, 3.63) is 29.8 Å². The molecule has 1 fully saturated rings. The summed E-state index contributed by atoms with van der Waals surface area (Å²) >= 11 is 0. The van der Waals surface area contributed by atoms with Crippen molar-refractivity contribution in [2.24, 2.45) is 0 Å². The Labute approximate surface area is 109 Å². The van der Waals surface area contributed by atoms with Gasteiger partial charge in [-0.25, -0.2) is 0 Å². The molecule has 0 spiro atoms. The summed E-state index contributed by atoms with van der Waals surface area (Å²) in [5.41, 5.74) is 0.471. The van der Waals surface area contributed by atoms with E-state index in [1.165, 1.54) is 29.2 Å². The van der Waals surface area contributed by atoms with Crippen LogP contribution in [0.5, 0.6) is 5.75 Å². The van der Waals surface area contributed by atoms with Gasteiger partial charge in [0.25, 0.3) is 0 Å². The average molecular weight is 265 g/mol. The highest BCUT2D eigenvalue weighted by Gasteiger charge is 2.39. The maximum Gasteiger partial charge on any atom is 0.325 e. The van der Waals surface area contributed by atoms with E-state index < -0.39 is 24.0 Å². The van der Waals surface area contributed by atoms with Gasteiger partial charge in [0.1, 0.15) is 17.8 Å². The molecule has 0 aliphatic carbocycles. The fraction of sp³-hybridized carbons (Fsp3) is 0.385. The molecule has 102 valence electrons. The molecule has 0 saturated carbocycles. The number of carboxylic acid groups (broad SMARTS) is 2. The van der Waals surface area contributed by atoms with Crippen molar-refractivity contribution in [1.82, 2.24) is 4.90 Å². The molecular weight excluding hydrogens is 250 g/mol. The highest BCUT2D eigenvalue weighted by molar-refractivity contribution is 5.79. The largest absolute Gasteiger partial charge is 0.508 e. The summed E-state index contributed by atoms with van der Waals surface area (Å²) in [7, 11) is 0. The van der Waals surface area contributed by atoms with Crippen molar-refractivity contribution in [2.75, 3.05) is 6.54 Å². The zero-order valence-corrected chi connectivity index (χ0v) is 10.2. The first-order chi connectivity index (χ1) is 9.00. The Kier molecular flexibility index (Phi) is 3.71. The number of phenolic OH excluding ortho intramolecular Hbond substituents is 1. The molecule has 6 heteroatoms. The molecule has 0 bridgehead atoms. The van der Waals surface area contributed by atoms with Crippen LogP contribution in [0, 0.1) is 0 Å². The zero-order chi connectivity index (χ0) is 14.0. The summed E-state index contributed by atoms with van der Waals surface area (Å²) < 4.78 is 0. The smallest absolute Gasteiger partial charge is 0.325 e. The highest BCUT2D eigenvalue weighted by atomic mass is 16.4. The van der Waals surface area contributed by atoms with E-state index in [2.05, 4.69) is 0 Å². The summed E-state index contributed by atoms with van der Waals surface area (Å²) in [6.07, 6.45) is 1.12. The second-order valence-electron chi connectivity index (χ2n) is 4.57. The fourth-order valence-corrected chi connectivity index (χ4v) is 2.50. The predicted molar refractivity (Wildman–Crippen MR) is 65.8 cm³/mol. The Balaban J connectivity index is 2.32. The third-order valence-corrected chi connectivity index (χ3v) is 3.35. The molecule has 1 aliphatic rings. The van der Waals surface area contributed by atoms with Gasteiger partial charge in [-0.1, -0.05) is 12.1 Å². The highest BCUT2D eigenvalue weighted by Crippen LogP contribution is 2.30. The Morgan fingerprint density at radius 2 is 1.84 bits per heavy atom. The number of hydrogen-bond donors (Lipinski definition) is 3. The van der Waals surface area contributed by atoms with E-state index in [-0.39, 0.29) is 5.75 Å². The van der Waals surface area contributed by atoms with E-state index >= 15 is 0 Å². The fourth-order valence-electron chi connectivity index (χ4n) is 2.50. The van der Waals surface area contributed by atoms with Crippen molar-refractivity contribution in [1.29, 1.82) is 0 Å². The molecule has 0 aromatic heterocycles. The minimum Gasteiger partial charge on any atom is -0.508 e. The zero-order valence-electron chi connectivity index (χ0n) is 10.2. The van der Waals surface area contributed by atoms with Gasteiger partial charge in [-0.2, -0.15) is 0 Å². The van der Waals surface area contributed by atoms with Crippen LogP contribution in [0.25, 0.3) is 0 Å². The molecule has 1 aliphatic heterocycles. The minimum absolute atomic E-state index is 0.0455. The molecule has 2 rings (SSSR count). The van der Waals surface area contributed by atoms with Crippen molar-refractivity contribution in [3.8, 4) is 5.75 Å². The van der Waals surface area contributed by atoms with Crippen LogP contribution in [0.3, 0.4) is 0 Å². The van der Waals surface area contributed by atoms with Crippen LogP contribution in [-0.4, -0.2) is 44.7 Å². The first-order valence-corrected chi connectivity index (χ1v) is 6.01. The van der Waals surface area contributed by atoms with Gasteiger partial charge in [0, 0.05) is 6.54 Å². The number of phenols is 1. The van der Waals surface area contributed by atoms with Gasteiger partial charge in [-0.3, -0.25) is 14.5 Å². The second kappa shape index (κ2) is 5.27. The van der Waals surface area contributed by atoms with Gasteiger partial charge in [-0.05, 0) is 30.5 Å². The van der Waals surface area contributed by atoms with E-state index in [0.717, 1.165) is 0 Å². The molecule has 6 nitrogen and oxygen atoms in total. The van der Waals surface area contributed by atoms with E-state index in [1.807, 2.05) is 0 Å². The number of aliphatic carboxylic acids is 2. The number of hydrogen-bond acceptors (Lipinski definition) is 4. The van der Waals surface area contributed by atoms with Crippen LogP contribution < -0.4 is 0 Å². The molecular formula is C13H15NO5. The number of aromatic hydroxyl groups is 1. The quantitative estimate of drug-likeness (QED) is 0.753. The Morgan fingerprint density at radius 1 is 1.21 bits per heavy atom. The molecule has 2 unspecified atom stereocenters. The lowest BCUT2D eigenvalue weighted by atomic mass is 10.0. The molecule has 1 heterocycles.